The van der Waals surface area contributed by atoms with Crippen LogP contribution in [0.4, 0.5) is 5.69 Å². The lowest BCUT2D eigenvalue weighted by molar-refractivity contribution is -0.121. The van der Waals surface area contributed by atoms with E-state index in [4.69, 9.17) is 5.73 Å². The van der Waals surface area contributed by atoms with Crippen molar-refractivity contribution in [3.8, 4) is 0 Å². The number of nitrogens with one attached hydrogen (secondary N) is 1. The third-order valence-corrected chi connectivity index (χ3v) is 4.79. The predicted molar refractivity (Wildman–Crippen MR) is 110 cm³/mol. The quantitative estimate of drug-likeness (QED) is 0.792. The van der Waals surface area contributed by atoms with Crippen LogP contribution < -0.4 is 11.1 Å². The number of halogens is 1. The van der Waals surface area contributed by atoms with Gasteiger partial charge in [-0.3, -0.25) is 9.59 Å². The number of rotatable bonds is 4. The number of carbonyl (C=O) groups excluding carboxylic acids is 2. The zero-order valence-corrected chi connectivity index (χ0v) is 16.3. The third kappa shape index (κ3) is 5.73. The van der Waals surface area contributed by atoms with Gasteiger partial charge in [-0.25, -0.2) is 0 Å². The van der Waals surface area contributed by atoms with E-state index in [0.717, 1.165) is 29.5 Å². The summed E-state index contributed by atoms with van der Waals surface area (Å²) in [5.74, 6) is 0.0785. The van der Waals surface area contributed by atoms with Crippen molar-refractivity contribution in [3.63, 3.8) is 0 Å². The van der Waals surface area contributed by atoms with Gasteiger partial charge in [0, 0.05) is 30.4 Å². The number of nitrogen functional groups attached to an aromatic ring is 1. The van der Waals surface area contributed by atoms with Gasteiger partial charge in [0.2, 0.25) is 5.91 Å². The second-order valence-electron chi connectivity index (χ2n) is 6.92. The second-order valence-corrected chi connectivity index (χ2v) is 6.92. The first-order valence-electron chi connectivity index (χ1n) is 9.01. The van der Waals surface area contributed by atoms with Crippen LogP contribution in [-0.2, 0) is 11.2 Å². The van der Waals surface area contributed by atoms with E-state index in [1.165, 1.54) is 0 Å². The second kappa shape index (κ2) is 9.42. The summed E-state index contributed by atoms with van der Waals surface area (Å²) in [7, 11) is 0. The summed E-state index contributed by atoms with van der Waals surface area (Å²) in [5.41, 5.74) is 9.17. The van der Waals surface area contributed by atoms with Crippen LogP contribution in [0.2, 0.25) is 0 Å². The van der Waals surface area contributed by atoms with Gasteiger partial charge in [-0.2, -0.15) is 0 Å². The molecule has 0 unspecified atom stereocenters. The first-order chi connectivity index (χ1) is 12.5. The first kappa shape index (κ1) is 20.8. The van der Waals surface area contributed by atoms with Crippen LogP contribution in [-0.4, -0.2) is 35.8 Å². The minimum Gasteiger partial charge on any atom is -0.399 e. The fourth-order valence-corrected chi connectivity index (χ4v) is 3.21. The van der Waals surface area contributed by atoms with Crippen LogP contribution in [0.5, 0.6) is 0 Å². The largest absolute Gasteiger partial charge is 0.399 e. The molecule has 3 rings (SSSR count). The molecule has 1 aliphatic heterocycles. The molecule has 0 radical (unpaired) electrons. The normalized spacial score (nSPS) is 14.3. The third-order valence-electron chi connectivity index (χ3n) is 4.79. The number of aryl methyl sites for hydroxylation is 1. The average Bonchev–Trinajstić information content (AvgIpc) is 2.64. The van der Waals surface area contributed by atoms with E-state index >= 15 is 0 Å². The van der Waals surface area contributed by atoms with Crippen molar-refractivity contribution in [2.75, 3.05) is 18.8 Å². The number of carbonyl (C=O) groups is 2. The van der Waals surface area contributed by atoms with Crippen LogP contribution >= 0.6 is 12.4 Å². The smallest absolute Gasteiger partial charge is 0.253 e. The summed E-state index contributed by atoms with van der Waals surface area (Å²) in [6.45, 7) is 3.34. The Kier molecular flexibility index (Phi) is 7.25. The topological polar surface area (TPSA) is 75.4 Å². The molecule has 6 heteroatoms. The first-order valence-corrected chi connectivity index (χ1v) is 9.01. The van der Waals surface area contributed by atoms with E-state index in [1.807, 2.05) is 48.2 Å². The number of amides is 2. The Morgan fingerprint density at radius 1 is 1.04 bits per heavy atom. The maximum Gasteiger partial charge on any atom is 0.253 e. The number of nitrogens with zero attached hydrogens (tertiary/aromatic N) is 1. The maximum atomic E-state index is 12.5. The van der Waals surface area contributed by atoms with Crippen molar-refractivity contribution in [2.45, 2.75) is 32.2 Å². The Hall–Kier alpha value is -2.53. The highest BCUT2D eigenvalue weighted by atomic mass is 35.5. The SMILES string of the molecule is Cc1ccc(C(=O)N2CCC(NC(=O)Cc3ccc(N)cc3)CC2)cc1.Cl. The van der Waals surface area contributed by atoms with E-state index < -0.39 is 0 Å². The van der Waals surface area contributed by atoms with Crippen LogP contribution in [0.1, 0.15) is 34.3 Å². The van der Waals surface area contributed by atoms with Gasteiger partial charge in [-0.15, -0.1) is 12.4 Å². The molecule has 27 heavy (non-hydrogen) atoms. The molecule has 0 bridgehead atoms. The van der Waals surface area contributed by atoms with Gasteiger partial charge in [0.15, 0.2) is 0 Å². The number of benzene rings is 2. The number of hydrogen-bond acceptors (Lipinski definition) is 3. The molecule has 0 saturated carbocycles. The van der Waals surface area contributed by atoms with Gasteiger partial charge in [-0.1, -0.05) is 29.8 Å². The number of anilines is 1. The monoisotopic (exact) mass is 387 g/mol. The van der Waals surface area contributed by atoms with E-state index in [-0.39, 0.29) is 30.3 Å². The molecule has 0 aliphatic carbocycles. The molecule has 1 heterocycles. The lowest BCUT2D eigenvalue weighted by Gasteiger charge is -2.32. The lowest BCUT2D eigenvalue weighted by Crippen LogP contribution is -2.46. The molecule has 0 spiro atoms. The van der Waals surface area contributed by atoms with Crippen LogP contribution in [0.15, 0.2) is 48.5 Å². The van der Waals surface area contributed by atoms with Crippen LogP contribution in [0.3, 0.4) is 0 Å². The molecule has 2 aromatic rings. The molecule has 0 atom stereocenters. The van der Waals surface area contributed by atoms with Crippen molar-refractivity contribution >= 4 is 29.9 Å². The fraction of sp³-hybridized carbons (Fsp3) is 0.333. The summed E-state index contributed by atoms with van der Waals surface area (Å²) in [6.07, 6.45) is 1.92. The summed E-state index contributed by atoms with van der Waals surface area (Å²) >= 11 is 0. The van der Waals surface area contributed by atoms with E-state index in [9.17, 15) is 9.59 Å². The Morgan fingerprint density at radius 3 is 2.22 bits per heavy atom. The van der Waals surface area contributed by atoms with Gasteiger partial charge >= 0.3 is 0 Å². The minimum absolute atomic E-state index is 0. The lowest BCUT2D eigenvalue weighted by atomic mass is 10.0. The molecule has 2 aromatic carbocycles. The molecular formula is C21H26ClN3O2. The molecule has 1 fully saturated rings. The summed E-state index contributed by atoms with van der Waals surface area (Å²) in [4.78, 5) is 26.6. The van der Waals surface area contributed by atoms with Crippen molar-refractivity contribution in [2.24, 2.45) is 0 Å². The van der Waals surface area contributed by atoms with Gasteiger partial charge < -0.3 is 16.0 Å². The Labute approximate surface area is 166 Å². The maximum absolute atomic E-state index is 12.5. The summed E-state index contributed by atoms with van der Waals surface area (Å²) < 4.78 is 0. The molecular weight excluding hydrogens is 362 g/mol. The van der Waals surface area contributed by atoms with Crippen LogP contribution in [0, 0.1) is 6.92 Å². The zero-order valence-electron chi connectivity index (χ0n) is 15.5. The van der Waals surface area contributed by atoms with Crippen LogP contribution in [0.25, 0.3) is 0 Å². The molecule has 0 aromatic heterocycles. The zero-order chi connectivity index (χ0) is 18.5. The molecule has 1 aliphatic rings. The average molecular weight is 388 g/mol. The highest BCUT2D eigenvalue weighted by molar-refractivity contribution is 5.94. The van der Waals surface area contributed by atoms with Crippen molar-refractivity contribution in [1.29, 1.82) is 0 Å². The van der Waals surface area contributed by atoms with Gasteiger partial charge in [0.25, 0.3) is 5.91 Å². The van der Waals surface area contributed by atoms with E-state index in [0.29, 0.717) is 25.2 Å². The number of nitrogens with two attached hydrogens (primary N) is 1. The Bertz CT molecular complexity index is 767. The number of piperidine rings is 1. The van der Waals surface area contributed by atoms with Gasteiger partial charge in [0.1, 0.15) is 0 Å². The highest BCUT2D eigenvalue weighted by Gasteiger charge is 2.24. The molecule has 1 saturated heterocycles. The minimum atomic E-state index is 0. The van der Waals surface area contributed by atoms with Gasteiger partial charge in [0.05, 0.1) is 6.42 Å². The number of hydrogen-bond donors (Lipinski definition) is 2. The standard InChI is InChI=1S/C21H25N3O2.ClH/c1-15-2-6-17(7-3-15)21(26)24-12-10-19(11-13-24)23-20(25)14-16-4-8-18(22)9-5-16;/h2-9,19H,10-14,22H2,1H3,(H,23,25);1H. The Balaban J connectivity index is 0.00000261. The van der Waals surface area contributed by atoms with Crippen molar-refractivity contribution in [3.05, 3.63) is 65.2 Å². The molecule has 5 nitrogen and oxygen atoms in total. The fourth-order valence-electron chi connectivity index (χ4n) is 3.21. The molecule has 144 valence electrons. The van der Waals surface area contributed by atoms with Gasteiger partial charge in [-0.05, 0) is 49.6 Å². The molecule has 2 amide bonds. The number of likely N-dealkylation sites (tertiary alicyclic amines) is 1. The van der Waals surface area contributed by atoms with Crippen molar-refractivity contribution in [1.82, 2.24) is 10.2 Å². The predicted octanol–water partition coefficient (Wildman–Crippen LogP) is 2.96. The van der Waals surface area contributed by atoms with E-state index in [2.05, 4.69) is 5.32 Å². The Morgan fingerprint density at radius 2 is 1.63 bits per heavy atom. The van der Waals surface area contributed by atoms with E-state index in [1.54, 1.807) is 12.1 Å². The summed E-state index contributed by atoms with van der Waals surface area (Å²) in [6, 6.07) is 15.1. The highest BCUT2D eigenvalue weighted by Crippen LogP contribution is 2.15. The molecule has 3 N–H and O–H groups in total. The summed E-state index contributed by atoms with van der Waals surface area (Å²) in [5, 5.41) is 3.08. The van der Waals surface area contributed by atoms with Crippen molar-refractivity contribution < 1.29 is 9.59 Å².